The van der Waals surface area contributed by atoms with E-state index in [-0.39, 0.29) is 43.6 Å². The second-order valence-corrected chi connectivity index (χ2v) is 10.3. The Hall–Kier alpha value is -3.06. The molecule has 1 atom stereocenters. The van der Waals surface area contributed by atoms with Gasteiger partial charge in [-0.15, -0.1) is 0 Å². The molecule has 0 saturated carbocycles. The molecule has 2 aromatic carbocycles. The molecule has 1 aliphatic rings. The van der Waals surface area contributed by atoms with Crippen LogP contribution in [0.2, 0.25) is 0 Å². The van der Waals surface area contributed by atoms with E-state index in [2.05, 4.69) is 5.32 Å². The fraction of sp³-hybridized carbons (Fsp3) is 0.440. The second-order valence-electron chi connectivity index (χ2n) is 8.38. The Morgan fingerprint density at radius 3 is 2.38 bits per heavy atom. The Balaban J connectivity index is 1.67. The molecule has 0 unspecified atom stereocenters. The van der Waals surface area contributed by atoms with Crippen molar-refractivity contribution in [2.24, 2.45) is 0 Å². The van der Waals surface area contributed by atoms with Gasteiger partial charge in [-0.25, -0.2) is 12.8 Å². The maximum Gasteiger partial charge on any atom is 0.261 e. The number of nitrogens with one attached hydrogen (secondary N) is 1. The van der Waals surface area contributed by atoms with E-state index in [0.717, 1.165) is 0 Å². The molecule has 1 N–H and O–H groups in total. The third-order valence-electron chi connectivity index (χ3n) is 5.83. The van der Waals surface area contributed by atoms with Gasteiger partial charge >= 0.3 is 0 Å². The Kier molecular flexibility index (Phi) is 10.4. The molecule has 1 heterocycles. The summed E-state index contributed by atoms with van der Waals surface area (Å²) in [5.74, 6) is -0.948. The normalized spacial score (nSPS) is 15.1. The van der Waals surface area contributed by atoms with Gasteiger partial charge in [-0.1, -0.05) is 12.1 Å². The first kappa shape index (κ1) is 28.5. The third-order valence-corrected chi connectivity index (χ3v) is 7.75. The van der Waals surface area contributed by atoms with Crippen LogP contribution in [0, 0.1) is 5.82 Å². The van der Waals surface area contributed by atoms with Gasteiger partial charge in [-0.3, -0.25) is 9.59 Å². The Morgan fingerprint density at radius 2 is 1.76 bits per heavy atom. The number of benzene rings is 2. The minimum atomic E-state index is -3.65. The van der Waals surface area contributed by atoms with E-state index in [9.17, 15) is 22.4 Å². The predicted molar refractivity (Wildman–Crippen MR) is 133 cm³/mol. The van der Waals surface area contributed by atoms with E-state index in [0.29, 0.717) is 31.1 Å². The zero-order valence-electron chi connectivity index (χ0n) is 20.9. The molecule has 0 spiro atoms. The number of carbonyl (C=O) groups is 2. The van der Waals surface area contributed by atoms with E-state index in [1.54, 1.807) is 19.1 Å². The number of halogens is 1. The number of carbonyl (C=O) groups excluding carboxylic acids is 2. The Bertz CT molecular complexity index is 1140. The minimum Gasteiger partial charge on any atom is -0.484 e. The number of amides is 2. The van der Waals surface area contributed by atoms with Gasteiger partial charge in [0.1, 0.15) is 17.6 Å². The first-order valence-electron chi connectivity index (χ1n) is 11.8. The van der Waals surface area contributed by atoms with Gasteiger partial charge in [0, 0.05) is 33.3 Å². The van der Waals surface area contributed by atoms with Crippen LogP contribution in [-0.4, -0.2) is 88.7 Å². The lowest BCUT2D eigenvalue weighted by Crippen LogP contribution is -2.49. The summed E-state index contributed by atoms with van der Waals surface area (Å²) < 4.78 is 56.0. The highest BCUT2D eigenvalue weighted by Crippen LogP contribution is 2.21. The van der Waals surface area contributed by atoms with E-state index in [4.69, 9.17) is 14.2 Å². The van der Waals surface area contributed by atoms with Gasteiger partial charge in [0.05, 0.1) is 24.7 Å². The molecule has 10 nitrogen and oxygen atoms in total. The molecule has 3 rings (SSSR count). The van der Waals surface area contributed by atoms with Gasteiger partial charge in [-0.2, -0.15) is 4.31 Å². The van der Waals surface area contributed by atoms with Crippen LogP contribution in [0.25, 0.3) is 0 Å². The Morgan fingerprint density at radius 1 is 1.11 bits per heavy atom. The molecule has 2 amide bonds. The van der Waals surface area contributed by atoms with Gasteiger partial charge < -0.3 is 24.4 Å². The molecule has 37 heavy (non-hydrogen) atoms. The van der Waals surface area contributed by atoms with Crippen molar-refractivity contribution >= 4 is 21.8 Å². The van der Waals surface area contributed by atoms with Gasteiger partial charge in [-0.05, 0) is 48.9 Å². The van der Waals surface area contributed by atoms with Gasteiger partial charge in [0.2, 0.25) is 15.9 Å². The van der Waals surface area contributed by atoms with Crippen molar-refractivity contribution in [3.05, 3.63) is 59.9 Å². The molecule has 12 heteroatoms. The van der Waals surface area contributed by atoms with Crippen molar-refractivity contribution in [1.29, 1.82) is 0 Å². The number of morpholine rings is 1. The number of sulfonamides is 1. The lowest BCUT2D eigenvalue weighted by Gasteiger charge is -2.28. The van der Waals surface area contributed by atoms with Crippen molar-refractivity contribution < 1.29 is 36.6 Å². The highest BCUT2D eigenvalue weighted by molar-refractivity contribution is 7.89. The fourth-order valence-corrected chi connectivity index (χ4v) is 5.07. The SMILES string of the molecule is COCCNC(=O)[C@H](C)N(Cc1ccc(F)cc1)C(=O)COc1ccc(S(=O)(=O)N2CCOCC2)cc1. The van der Waals surface area contributed by atoms with Gasteiger partial charge in [0.25, 0.3) is 5.91 Å². The summed E-state index contributed by atoms with van der Waals surface area (Å²) in [6, 6.07) is 10.6. The third kappa shape index (κ3) is 7.96. The summed E-state index contributed by atoms with van der Waals surface area (Å²) in [7, 11) is -2.13. The number of hydrogen-bond acceptors (Lipinski definition) is 7. The maximum absolute atomic E-state index is 13.3. The Labute approximate surface area is 216 Å². The first-order valence-corrected chi connectivity index (χ1v) is 13.3. The number of nitrogens with zero attached hydrogens (tertiary/aromatic N) is 2. The quantitative estimate of drug-likeness (QED) is 0.407. The second kappa shape index (κ2) is 13.5. The summed E-state index contributed by atoms with van der Waals surface area (Å²) in [5.41, 5.74) is 0.643. The van der Waals surface area contributed by atoms with E-state index < -0.39 is 27.8 Å². The van der Waals surface area contributed by atoms with Crippen LogP contribution in [0.5, 0.6) is 5.75 Å². The standard InChI is InChI=1S/C25H32FN3O7S/c1-19(25(31)27-11-14-34-2)29(17-20-3-5-21(26)6-4-20)24(30)18-36-22-7-9-23(10-8-22)37(32,33)28-12-15-35-16-13-28/h3-10,19H,11-18H2,1-2H3,(H,27,31)/t19-/m0/s1. The number of methoxy groups -OCH3 is 1. The highest BCUT2D eigenvalue weighted by atomic mass is 32.2. The number of hydrogen-bond donors (Lipinski definition) is 1. The van der Waals surface area contributed by atoms with E-state index >= 15 is 0 Å². The van der Waals surface area contributed by atoms with Crippen molar-refractivity contribution in [3.8, 4) is 5.75 Å². The summed E-state index contributed by atoms with van der Waals surface area (Å²) in [6.45, 7) is 3.16. The van der Waals surface area contributed by atoms with Crippen LogP contribution in [0.4, 0.5) is 4.39 Å². The van der Waals surface area contributed by atoms with Crippen LogP contribution in [0.15, 0.2) is 53.4 Å². The molecular weight excluding hydrogens is 505 g/mol. The summed E-state index contributed by atoms with van der Waals surface area (Å²) in [4.78, 5) is 27.2. The van der Waals surface area contributed by atoms with Crippen molar-refractivity contribution in [2.75, 3.05) is 53.2 Å². The van der Waals surface area contributed by atoms with Crippen LogP contribution < -0.4 is 10.1 Å². The van der Waals surface area contributed by atoms with Gasteiger partial charge in [0.15, 0.2) is 6.61 Å². The lowest BCUT2D eigenvalue weighted by atomic mass is 10.1. The largest absolute Gasteiger partial charge is 0.484 e. The molecule has 0 aliphatic carbocycles. The van der Waals surface area contributed by atoms with E-state index in [1.807, 2.05) is 0 Å². The summed E-state index contributed by atoms with van der Waals surface area (Å²) >= 11 is 0. The van der Waals surface area contributed by atoms with Crippen molar-refractivity contribution in [1.82, 2.24) is 14.5 Å². The fourth-order valence-electron chi connectivity index (χ4n) is 3.66. The number of ether oxygens (including phenoxy) is 3. The molecule has 2 aromatic rings. The molecule has 202 valence electrons. The molecule has 1 fully saturated rings. The first-order chi connectivity index (χ1) is 17.7. The van der Waals surface area contributed by atoms with Crippen LogP contribution in [-0.2, 0) is 35.6 Å². The van der Waals surface area contributed by atoms with Crippen molar-refractivity contribution in [2.45, 2.75) is 24.4 Å². The molecule has 1 aliphatic heterocycles. The zero-order valence-corrected chi connectivity index (χ0v) is 21.7. The average Bonchev–Trinajstić information content (AvgIpc) is 2.91. The summed E-state index contributed by atoms with van der Waals surface area (Å²) in [6.07, 6.45) is 0. The molecule has 0 radical (unpaired) electrons. The number of rotatable bonds is 12. The van der Waals surface area contributed by atoms with Crippen LogP contribution in [0.1, 0.15) is 12.5 Å². The lowest BCUT2D eigenvalue weighted by molar-refractivity contribution is -0.142. The zero-order chi connectivity index (χ0) is 26.8. The minimum absolute atomic E-state index is 0.0675. The van der Waals surface area contributed by atoms with Crippen LogP contribution in [0.3, 0.4) is 0 Å². The monoisotopic (exact) mass is 537 g/mol. The predicted octanol–water partition coefficient (Wildman–Crippen LogP) is 1.41. The smallest absolute Gasteiger partial charge is 0.261 e. The summed E-state index contributed by atoms with van der Waals surface area (Å²) in [5, 5.41) is 2.71. The van der Waals surface area contributed by atoms with Crippen LogP contribution >= 0.6 is 0 Å². The van der Waals surface area contributed by atoms with Crippen molar-refractivity contribution in [3.63, 3.8) is 0 Å². The molecule has 0 aromatic heterocycles. The molecule has 0 bridgehead atoms. The highest BCUT2D eigenvalue weighted by Gasteiger charge is 2.28. The maximum atomic E-state index is 13.3. The molecule has 1 saturated heterocycles. The average molecular weight is 538 g/mol. The van der Waals surface area contributed by atoms with E-state index in [1.165, 1.54) is 52.7 Å². The topological polar surface area (TPSA) is 114 Å². The molecular formula is C25H32FN3O7S.